The van der Waals surface area contributed by atoms with Gasteiger partial charge in [-0.05, 0) is 40.0 Å². The molecule has 2 unspecified atom stereocenters. The molecular formula is C24H50N2O9Si. The summed E-state index contributed by atoms with van der Waals surface area (Å²) < 4.78 is 27.0. The molecule has 0 aromatic rings. The highest BCUT2D eigenvalue weighted by molar-refractivity contribution is 6.60. The van der Waals surface area contributed by atoms with E-state index in [-0.39, 0.29) is 56.2 Å². The van der Waals surface area contributed by atoms with Crippen molar-refractivity contribution in [1.29, 1.82) is 0 Å². The number of hydrogen-bond acceptors (Lipinski definition) is 9. The van der Waals surface area contributed by atoms with Crippen molar-refractivity contribution in [1.82, 2.24) is 10.6 Å². The quantitative estimate of drug-likeness (QED) is 0.129. The molecule has 12 heteroatoms. The second kappa shape index (κ2) is 23.7. The summed E-state index contributed by atoms with van der Waals surface area (Å²) in [5.41, 5.74) is 0. The van der Waals surface area contributed by atoms with Gasteiger partial charge in [0.2, 0.25) is 0 Å². The van der Waals surface area contributed by atoms with Crippen molar-refractivity contribution in [2.24, 2.45) is 11.8 Å². The van der Waals surface area contributed by atoms with E-state index in [1.54, 1.807) is 6.92 Å². The van der Waals surface area contributed by atoms with Crippen molar-refractivity contribution in [3.63, 3.8) is 0 Å². The first kappa shape index (κ1) is 36.4. The van der Waals surface area contributed by atoms with Crippen LogP contribution in [-0.4, -0.2) is 84.6 Å². The summed E-state index contributed by atoms with van der Waals surface area (Å²) in [6.07, 6.45) is 2.22. The minimum atomic E-state index is -2.66. The minimum absolute atomic E-state index is 0.0495. The fourth-order valence-electron chi connectivity index (χ4n) is 2.65. The molecule has 36 heavy (non-hydrogen) atoms. The third-order valence-corrected chi connectivity index (χ3v) is 8.19. The van der Waals surface area contributed by atoms with E-state index in [1.165, 1.54) is 0 Å². The number of nitrogens with one attached hydrogen (secondary N) is 2. The standard InChI is InChI=1S/C17H36N2O6Si.C7H14O3/c1-6-15(5)16(20)22-13-12-19-17(21)18-11-10-14-26(23-7-2,24-8-3)25-9-4;1-3-6(2)7(9)10-5-4-8/h15H,6-14H2,1-5H3,(H2,18,19,21);6,8H,3-5H2,1-2H3. The van der Waals surface area contributed by atoms with Crippen molar-refractivity contribution in [3.05, 3.63) is 0 Å². The molecule has 0 saturated carbocycles. The molecule has 11 nitrogen and oxygen atoms in total. The van der Waals surface area contributed by atoms with Gasteiger partial charge in [0.15, 0.2) is 0 Å². The average molecular weight is 539 g/mol. The third kappa shape index (κ3) is 18.5. The molecule has 0 aliphatic carbocycles. The summed E-state index contributed by atoms with van der Waals surface area (Å²) in [5.74, 6) is -0.629. The van der Waals surface area contributed by atoms with E-state index in [0.29, 0.717) is 38.8 Å². The molecule has 214 valence electrons. The molecule has 0 aliphatic rings. The summed E-state index contributed by atoms with van der Waals surface area (Å²) >= 11 is 0. The number of ether oxygens (including phenoxy) is 2. The Kier molecular flexibility index (Phi) is 23.9. The van der Waals surface area contributed by atoms with E-state index in [4.69, 9.17) is 23.1 Å². The highest BCUT2D eigenvalue weighted by Crippen LogP contribution is 2.17. The third-order valence-electron chi connectivity index (χ3n) is 5.04. The minimum Gasteiger partial charge on any atom is -0.464 e. The fraction of sp³-hybridized carbons (Fsp3) is 0.875. The van der Waals surface area contributed by atoms with E-state index in [9.17, 15) is 14.4 Å². The number of aliphatic hydroxyl groups is 1. The largest absolute Gasteiger partial charge is 0.500 e. The molecule has 0 spiro atoms. The summed E-state index contributed by atoms with van der Waals surface area (Å²) in [5, 5.41) is 13.7. The molecule has 3 N–H and O–H groups in total. The van der Waals surface area contributed by atoms with Crippen LogP contribution in [0.5, 0.6) is 0 Å². The summed E-state index contributed by atoms with van der Waals surface area (Å²) in [7, 11) is -2.66. The van der Waals surface area contributed by atoms with Gasteiger partial charge in [0.25, 0.3) is 0 Å². The van der Waals surface area contributed by atoms with E-state index >= 15 is 0 Å². The van der Waals surface area contributed by atoms with Crippen molar-refractivity contribution in [2.45, 2.75) is 73.8 Å². The maximum Gasteiger partial charge on any atom is 0.500 e. The first-order valence-corrected chi connectivity index (χ1v) is 15.0. The molecule has 0 bridgehead atoms. The van der Waals surface area contributed by atoms with Crippen LogP contribution in [0.4, 0.5) is 4.79 Å². The first-order chi connectivity index (χ1) is 17.2. The predicted molar refractivity (Wildman–Crippen MR) is 139 cm³/mol. The van der Waals surface area contributed by atoms with Gasteiger partial charge in [-0.1, -0.05) is 27.7 Å². The van der Waals surface area contributed by atoms with Gasteiger partial charge in [-0.25, -0.2) is 4.79 Å². The van der Waals surface area contributed by atoms with Crippen LogP contribution in [0.15, 0.2) is 0 Å². The van der Waals surface area contributed by atoms with Crippen LogP contribution in [0.3, 0.4) is 0 Å². The topological polar surface area (TPSA) is 142 Å². The molecule has 0 rings (SSSR count). The lowest BCUT2D eigenvalue weighted by Gasteiger charge is -2.28. The van der Waals surface area contributed by atoms with E-state index in [1.807, 2.05) is 41.5 Å². The zero-order valence-electron chi connectivity index (χ0n) is 23.4. The highest BCUT2D eigenvalue weighted by atomic mass is 28.4. The molecule has 0 saturated heterocycles. The normalized spacial score (nSPS) is 12.6. The SMILES string of the molecule is CCC(C)C(=O)OCCO.CCO[Si](CCCNC(=O)NCCOC(=O)C(C)CC)(OCC)OCC. The molecular weight excluding hydrogens is 488 g/mol. The van der Waals surface area contributed by atoms with Crippen molar-refractivity contribution >= 4 is 26.8 Å². The molecule has 0 radical (unpaired) electrons. The molecule has 0 aromatic carbocycles. The molecule has 0 fully saturated rings. The second-order valence-electron chi connectivity index (χ2n) is 7.95. The Morgan fingerprint density at radius 3 is 1.61 bits per heavy atom. The monoisotopic (exact) mass is 538 g/mol. The molecule has 0 aromatic heterocycles. The van der Waals surface area contributed by atoms with Gasteiger partial charge in [-0.2, -0.15) is 0 Å². The van der Waals surface area contributed by atoms with Crippen molar-refractivity contribution in [2.75, 3.05) is 52.7 Å². The smallest absolute Gasteiger partial charge is 0.464 e. The summed E-state index contributed by atoms with van der Waals surface area (Å²) in [6.45, 7) is 15.8. The van der Waals surface area contributed by atoms with Crippen LogP contribution in [0, 0.1) is 11.8 Å². The van der Waals surface area contributed by atoms with Gasteiger partial charge >= 0.3 is 26.8 Å². The zero-order valence-corrected chi connectivity index (χ0v) is 24.4. The number of amides is 2. The van der Waals surface area contributed by atoms with Gasteiger partial charge in [0.05, 0.1) is 25.0 Å². The van der Waals surface area contributed by atoms with Crippen LogP contribution >= 0.6 is 0 Å². The van der Waals surface area contributed by atoms with Gasteiger partial charge in [-0.3, -0.25) is 9.59 Å². The number of esters is 2. The Balaban J connectivity index is 0. The maximum absolute atomic E-state index is 11.7. The van der Waals surface area contributed by atoms with E-state index < -0.39 is 8.80 Å². The van der Waals surface area contributed by atoms with Crippen LogP contribution < -0.4 is 10.6 Å². The number of carbonyl (C=O) groups excluding carboxylic acids is 3. The summed E-state index contributed by atoms with van der Waals surface area (Å²) in [6, 6.07) is 0.357. The van der Waals surface area contributed by atoms with Gasteiger partial charge < -0.3 is 38.5 Å². The Labute approximate surface area is 218 Å². The average Bonchev–Trinajstić information content (AvgIpc) is 2.87. The molecule has 2 amide bonds. The Hall–Kier alpha value is -1.73. The van der Waals surface area contributed by atoms with Gasteiger partial charge in [-0.15, -0.1) is 0 Å². The number of aliphatic hydroxyl groups excluding tert-OH is 1. The maximum atomic E-state index is 11.7. The van der Waals surface area contributed by atoms with Crippen molar-refractivity contribution < 1.29 is 42.2 Å². The van der Waals surface area contributed by atoms with Gasteiger partial charge in [0.1, 0.15) is 13.2 Å². The Morgan fingerprint density at radius 1 is 0.750 bits per heavy atom. The van der Waals surface area contributed by atoms with Crippen molar-refractivity contribution in [3.8, 4) is 0 Å². The lowest BCUT2D eigenvalue weighted by Crippen LogP contribution is -2.46. The number of urea groups is 1. The van der Waals surface area contributed by atoms with E-state index in [2.05, 4.69) is 15.4 Å². The number of rotatable bonds is 19. The van der Waals surface area contributed by atoms with Gasteiger partial charge in [0, 0.05) is 32.4 Å². The Morgan fingerprint density at radius 2 is 1.19 bits per heavy atom. The number of hydrogen-bond donors (Lipinski definition) is 3. The second-order valence-corrected chi connectivity index (χ2v) is 10.7. The highest BCUT2D eigenvalue weighted by Gasteiger charge is 2.39. The fourth-order valence-corrected chi connectivity index (χ4v) is 5.26. The predicted octanol–water partition coefficient (Wildman–Crippen LogP) is 2.88. The number of carbonyl (C=O) groups is 3. The van der Waals surface area contributed by atoms with Crippen LogP contribution in [-0.2, 0) is 32.3 Å². The first-order valence-electron chi connectivity index (χ1n) is 13.0. The summed E-state index contributed by atoms with van der Waals surface area (Å²) in [4.78, 5) is 34.0. The molecule has 0 aliphatic heterocycles. The zero-order chi connectivity index (χ0) is 27.8. The van der Waals surface area contributed by atoms with Crippen LogP contribution in [0.1, 0.15) is 67.7 Å². The van der Waals surface area contributed by atoms with E-state index in [0.717, 1.165) is 12.8 Å². The lowest BCUT2D eigenvalue weighted by atomic mass is 10.1. The molecule has 0 heterocycles. The van der Waals surface area contributed by atoms with Crippen LogP contribution in [0.2, 0.25) is 6.04 Å². The lowest BCUT2D eigenvalue weighted by molar-refractivity contribution is -0.149. The van der Waals surface area contributed by atoms with Crippen LogP contribution in [0.25, 0.3) is 0 Å². The molecule has 2 atom stereocenters. The Bertz CT molecular complexity index is 565.